The summed E-state index contributed by atoms with van der Waals surface area (Å²) in [5, 5.41) is 0. The van der Waals surface area contributed by atoms with Gasteiger partial charge in [0.2, 0.25) is 0 Å². The van der Waals surface area contributed by atoms with Crippen LogP contribution in [0.1, 0.15) is 5.69 Å². The third kappa shape index (κ3) is 2.37. The highest BCUT2D eigenvalue weighted by Crippen LogP contribution is 2.17. The van der Waals surface area contributed by atoms with Crippen LogP contribution in [0.5, 0.6) is 0 Å². The number of nitrogens with one attached hydrogen (secondary N) is 1. The summed E-state index contributed by atoms with van der Waals surface area (Å²) in [6.45, 7) is 0.624. The Morgan fingerprint density at radius 3 is 2.50 bits per heavy atom. The second kappa shape index (κ2) is 2.93. The number of hydrogen-bond acceptors (Lipinski definition) is 1. The summed E-state index contributed by atoms with van der Waals surface area (Å²) in [6, 6.07) is 0. The molecule has 0 atom stereocenters. The van der Waals surface area contributed by atoms with E-state index in [1.807, 2.05) is 0 Å². The highest BCUT2D eigenvalue weighted by atomic mass is 32.1. The molecule has 6 heteroatoms. The lowest BCUT2D eigenvalue weighted by molar-refractivity contribution is -0.140. The molecule has 0 fully saturated rings. The van der Waals surface area contributed by atoms with Crippen LogP contribution in [0.2, 0.25) is 0 Å². The smallest absolute Gasteiger partial charge is 0.335 e. The number of aromatic nitrogens is 2. The van der Waals surface area contributed by atoms with Crippen molar-refractivity contribution in [1.29, 1.82) is 0 Å². The van der Waals surface area contributed by atoms with Gasteiger partial charge in [-0.1, -0.05) is 0 Å². The zero-order valence-electron chi connectivity index (χ0n) is 6.27. The van der Waals surface area contributed by atoms with Crippen LogP contribution in [0.4, 0.5) is 13.2 Å². The molecule has 0 aliphatic heterocycles. The maximum atomic E-state index is 11.8. The molecular formula is C6H7F3N2S. The van der Waals surface area contributed by atoms with Crippen LogP contribution in [0.15, 0.2) is 6.20 Å². The Morgan fingerprint density at radius 1 is 1.58 bits per heavy atom. The number of aromatic amines is 1. The van der Waals surface area contributed by atoms with Gasteiger partial charge < -0.3 is 9.55 Å². The molecule has 0 aromatic carbocycles. The van der Waals surface area contributed by atoms with Gasteiger partial charge in [-0.25, -0.2) is 0 Å². The summed E-state index contributed by atoms with van der Waals surface area (Å²) in [5.74, 6) is 0. The maximum absolute atomic E-state index is 11.8. The topological polar surface area (TPSA) is 20.7 Å². The van der Waals surface area contributed by atoms with Crippen molar-refractivity contribution < 1.29 is 13.2 Å². The van der Waals surface area contributed by atoms with E-state index in [2.05, 4.69) is 17.2 Å². The number of hydrogen-bond donors (Lipinski definition) is 1. The maximum Gasteiger partial charge on any atom is 0.406 e. The summed E-state index contributed by atoms with van der Waals surface area (Å²) >= 11 is 4.65. The summed E-state index contributed by atoms with van der Waals surface area (Å²) in [4.78, 5) is 2.61. The number of nitrogens with zero attached hydrogens (tertiary/aromatic N) is 1. The van der Waals surface area contributed by atoms with Crippen molar-refractivity contribution in [1.82, 2.24) is 9.55 Å². The average molecular weight is 196 g/mol. The second-order valence-corrected chi connectivity index (χ2v) is 2.87. The van der Waals surface area contributed by atoms with Crippen LogP contribution in [0, 0.1) is 11.7 Å². The lowest BCUT2D eigenvalue weighted by atomic mass is 10.5. The standard InChI is InChI=1S/C6H7F3N2S/c1-4-2-11(5(12)10-4)3-6(7,8)9/h2H,3H2,1H3,(H,10,12). The van der Waals surface area contributed by atoms with Crippen LogP contribution in [0.3, 0.4) is 0 Å². The Bertz CT molecular complexity index is 322. The Labute approximate surface area is 72.0 Å². The summed E-state index contributed by atoms with van der Waals surface area (Å²) in [7, 11) is 0. The SMILES string of the molecule is Cc1cn(CC(F)(F)F)c(=S)[nH]1. The van der Waals surface area contributed by atoms with Crippen LogP contribution in [-0.2, 0) is 6.54 Å². The van der Waals surface area contributed by atoms with E-state index in [1.54, 1.807) is 6.92 Å². The van der Waals surface area contributed by atoms with Gasteiger partial charge in [0.1, 0.15) is 6.54 Å². The quantitative estimate of drug-likeness (QED) is 0.684. The van der Waals surface area contributed by atoms with Crippen LogP contribution < -0.4 is 0 Å². The van der Waals surface area contributed by atoms with Crippen molar-refractivity contribution >= 4 is 12.2 Å². The fourth-order valence-corrected chi connectivity index (χ4v) is 1.15. The number of H-pyrrole nitrogens is 1. The Balaban J connectivity index is 2.90. The minimum Gasteiger partial charge on any atom is -0.335 e. The number of rotatable bonds is 1. The lowest BCUT2D eigenvalue weighted by Gasteiger charge is -2.05. The molecule has 0 saturated carbocycles. The van der Waals surface area contributed by atoms with E-state index in [0.29, 0.717) is 5.69 Å². The third-order valence-electron chi connectivity index (χ3n) is 1.26. The van der Waals surface area contributed by atoms with Gasteiger partial charge in [0.25, 0.3) is 0 Å². The first-order valence-corrected chi connectivity index (χ1v) is 3.62. The normalized spacial score (nSPS) is 12.0. The van der Waals surface area contributed by atoms with Crippen molar-refractivity contribution in [3.8, 4) is 0 Å². The van der Waals surface area contributed by atoms with Crippen molar-refractivity contribution in [3.63, 3.8) is 0 Å². The first-order valence-electron chi connectivity index (χ1n) is 3.21. The monoisotopic (exact) mass is 196 g/mol. The van der Waals surface area contributed by atoms with Gasteiger partial charge in [-0.3, -0.25) is 0 Å². The zero-order valence-corrected chi connectivity index (χ0v) is 7.09. The molecule has 0 radical (unpaired) electrons. The molecule has 0 unspecified atom stereocenters. The van der Waals surface area contributed by atoms with Gasteiger partial charge in [0.15, 0.2) is 4.77 Å². The van der Waals surface area contributed by atoms with Gasteiger partial charge in [0.05, 0.1) is 0 Å². The van der Waals surface area contributed by atoms with Crippen LogP contribution in [0.25, 0.3) is 0 Å². The number of aryl methyl sites for hydroxylation is 1. The van der Waals surface area contributed by atoms with Crippen molar-refractivity contribution in [2.75, 3.05) is 0 Å². The van der Waals surface area contributed by atoms with Gasteiger partial charge in [-0.15, -0.1) is 0 Å². The molecule has 2 nitrogen and oxygen atoms in total. The number of imidazole rings is 1. The zero-order chi connectivity index (χ0) is 9.35. The number of alkyl halides is 3. The summed E-state index contributed by atoms with van der Waals surface area (Å²) < 4.78 is 36.6. The molecule has 0 spiro atoms. The first kappa shape index (κ1) is 9.31. The molecule has 0 bridgehead atoms. The van der Waals surface area contributed by atoms with Crippen molar-refractivity contribution in [2.24, 2.45) is 0 Å². The van der Waals surface area contributed by atoms with Crippen LogP contribution in [-0.4, -0.2) is 15.7 Å². The summed E-state index contributed by atoms with van der Waals surface area (Å²) in [6.07, 6.45) is -2.87. The summed E-state index contributed by atoms with van der Waals surface area (Å²) in [5.41, 5.74) is 0.629. The average Bonchev–Trinajstić information content (AvgIpc) is 2.06. The van der Waals surface area contributed by atoms with E-state index < -0.39 is 12.7 Å². The Kier molecular flexibility index (Phi) is 2.27. The first-order chi connectivity index (χ1) is 5.38. The molecule has 1 rings (SSSR count). The largest absolute Gasteiger partial charge is 0.406 e. The minimum absolute atomic E-state index is 0.102. The predicted octanol–water partition coefficient (Wildman–Crippen LogP) is 2.42. The predicted molar refractivity (Wildman–Crippen MR) is 40.4 cm³/mol. The third-order valence-corrected chi connectivity index (χ3v) is 1.60. The van der Waals surface area contributed by atoms with E-state index >= 15 is 0 Å². The van der Waals surface area contributed by atoms with Crippen molar-refractivity contribution in [2.45, 2.75) is 19.6 Å². The molecule has 1 aromatic heterocycles. The molecule has 1 aromatic rings. The van der Waals surface area contributed by atoms with Gasteiger partial charge in [-0.05, 0) is 19.1 Å². The van der Waals surface area contributed by atoms with E-state index in [1.165, 1.54) is 6.20 Å². The number of halogens is 3. The van der Waals surface area contributed by atoms with E-state index in [0.717, 1.165) is 4.57 Å². The second-order valence-electron chi connectivity index (χ2n) is 2.49. The highest BCUT2D eigenvalue weighted by molar-refractivity contribution is 7.71. The molecule has 0 aliphatic rings. The van der Waals surface area contributed by atoms with Gasteiger partial charge in [-0.2, -0.15) is 13.2 Å². The Morgan fingerprint density at radius 2 is 2.17 bits per heavy atom. The molecule has 1 N–H and O–H groups in total. The Hall–Kier alpha value is -0.780. The molecule has 1 heterocycles. The molecule has 0 amide bonds. The highest BCUT2D eigenvalue weighted by Gasteiger charge is 2.28. The lowest BCUT2D eigenvalue weighted by Crippen LogP contribution is -2.16. The van der Waals surface area contributed by atoms with Crippen molar-refractivity contribution in [3.05, 3.63) is 16.7 Å². The molecule has 68 valence electrons. The fraction of sp³-hybridized carbons (Fsp3) is 0.500. The van der Waals surface area contributed by atoms with E-state index in [4.69, 9.17) is 0 Å². The molecule has 0 saturated heterocycles. The van der Waals surface area contributed by atoms with E-state index in [9.17, 15) is 13.2 Å². The van der Waals surface area contributed by atoms with Crippen LogP contribution >= 0.6 is 12.2 Å². The van der Waals surface area contributed by atoms with Gasteiger partial charge >= 0.3 is 6.18 Å². The molecule has 12 heavy (non-hydrogen) atoms. The fourth-order valence-electron chi connectivity index (χ4n) is 0.876. The molecule has 0 aliphatic carbocycles. The van der Waals surface area contributed by atoms with Gasteiger partial charge in [0, 0.05) is 11.9 Å². The molecular weight excluding hydrogens is 189 g/mol. The minimum atomic E-state index is -4.22. The van der Waals surface area contributed by atoms with E-state index in [-0.39, 0.29) is 4.77 Å².